The van der Waals surface area contributed by atoms with Crippen molar-refractivity contribution in [3.63, 3.8) is 0 Å². The average Bonchev–Trinajstić information content (AvgIpc) is 3.68. The fraction of sp³-hybridized carbons (Fsp3) is 0.394. The number of hydrogen-bond donors (Lipinski definition) is 1. The van der Waals surface area contributed by atoms with E-state index in [2.05, 4.69) is 65.2 Å². The fourth-order valence-corrected chi connectivity index (χ4v) is 7.42. The van der Waals surface area contributed by atoms with Gasteiger partial charge in [-0.2, -0.15) is 16.9 Å². The number of anilines is 2. The van der Waals surface area contributed by atoms with Crippen LogP contribution in [-0.2, 0) is 12.3 Å². The van der Waals surface area contributed by atoms with Crippen LogP contribution in [0.2, 0.25) is 5.02 Å². The Morgan fingerprint density at radius 3 is 2.73 bits per heavy atom. The molecule has 1 saturated carbocycles. The lowest BCUT2D eigenvalue weighted by molar-refractivity contribution is 0.204. The number of fused-ring (bicyclic) bond motifs is 3. The SMILES string of the molecule is Fc1ccc(Nc2nncc3c2c2cc(OCCCSCc4ccc(CN5CCCCC5)o4)c(Br)cc2n3C2CC2)cc1Cl. The number of thioether (sulfide) groups is 1. The first-order chi connectivity index (χ1) is 21.5. The lowest BCUT2D eigenvalue weighted by Crippen LogP contribution is -2.28. The van der Waals surface area contributed by atoms with Crippen molar-refractivity contribution in [2.24, 2.45) is 0 Å². The van der Waals surface area contributed by atoms with E-state index < -0.39 is 5.82 Å². The number of likely N-dealkylation sites (tertiary alicyclic amines) is 1. The molecule has 0 radical (unpaired) electrons. The van der Waals surface area contributed by atoms with Gasteiger partial charge < -0.3 is 19.0 Å². The van der Waals surface area contributed by atoms with Gasteiger partial charge in [0, 0.05) is 17.1 Å². The predicted octanol–water partition coefficient (Wildman–Crippen LogP) is 9.50. The van der Waals surface area contributed by atoms with Crippen LogP contribution in [0.15, 0.2) is 57.6 Å². The van der Waals surface area contributed by atoms with E-state index >= 15 is 0 Å². The van der Waals surface area contributed by atoms with Gasteiger partial charge in [0.05, 0.1) is 51.0 Å². The molecule has 0 unspecified atom stereocenters. The van der Waals surface area contributed by atoms with E-state index in [1.807, 2.05) is 18.0 Å². The van der Waals surface area contributed by atoms with E-state index in [4.69, 9.17) is 20.8 Å². The van der Waals surface area contributed by atoms with E-state index in [1.54, 1.807) is 12.1 Å². The molecule has 0 amide bonds. The van der Waals surface area contributed by atoms with Crippen molar-refractivity contribution in [2.75, 3.05) is 30.8 Å². The molecule has 44 heavy (non-hydrogen) atoms. The molecule has 1 aliphatic carbocycles. The van der Waals surface area contributed by atoms with Crippen LogP contribution < -0.4 is 10.1 Å². The van der Waals surface area contributed by atoms with Gasteiger partial charge in [-0.25, -0.2) is 4.39 Å². The van der Waals surface area contributed by atoms with Crippen LogP contribution in [0, 0.1) is 5.82 Å². The number of benzene rings is 2. The zero-order chi connectivity index (χ0) is 30.0. The number of piperidine rings is 1. The number of ether oxygens (including phenoxy) is 1. The lowest BCUT2D eigenvalue weighted by Gasteiger charge is -2.25. The summed E-state index contributed by atoms with van der Waals surface area (Å²) in [6.07, 6.45) is 8.92. The molecule has 4 heterocycles. The Morgan fingerprint density at radius 1 is 1.07 bits per heavy atom. The van der Waals surface area contributed by atoms with E-state index in [9.17, 15) is 4.39 Å². The molecule has 0 spiro atoms. The molecular weight excluding hydrogens is 665 g/mol. The molecule has 7 nitrogen and oxygen atoms in total. The van der Waals surface area contributed by atoms with Gasteiger partial charge in [-0.3, -0.25) is 4.90 Å². The van der Waals surface area contributed by atoms with Crippen LogP contribution in [0.25, 0.3) is 21.8 Å². The van der Waals surface area contributed by atoms with Gasteiger partial charge in [0.25, 0.3) is 0 Å². The molecule has 5 aromatic rings. The van der Waals surface area contributed by atoms with Gasteiger partial charge in [-0.15, -0.1) is 5.10 Å². The van der Waals surface area contributed by atoms with Crippen molar-refractivity contribution in [1.29, 1.82) is 0 Å². The smallest absolute Gasteiger partial charge is 0.163 e. The summed E-state index contributed by atoms with van der Waals surface area (Å²) in [5.41, 5.74) is 2.75. The van der Waals surface area contributed by atoms with E-state index in [-0.39, 0.29) is 5.02 Å². The number of nitrogens with one attached hydrogen (secondary N) is 1. The van der Waals surface area contributed by atoms with Crippen molar-refractivity contribution in [1.82, 2.24) is 19.7 Å². The van der Waals surface area contributed by atoms with Crippen LogP contribution >= 0.6 is 39.3 Å². The van der Waals surface area contributed by atoms with Gasteiger partial charge in [0.2, 0.25) is 0 Å². The standard InChI is InChI=1S/C33H34BrClFN5O2S/c34-26-17-29-25(16-31(26)42-13-4-14-44-20-24-9-8-23(43-24)19-40-11-2-1-3-12-40)32-30(41(29)22-6-7-22)18-37-39-33(32)38-21-5-10-28(36)27(35)15-21/h5,8-10,15-18,22H,1-4,6-7,11-14,19-20H2,(H,38,39). The summed E-state index contributed by atoms with van der Waals surface area (Å²) in [6.45, 7) is 3.87. The number of furan rings is 1. The molecule has 1 N–H and O–H groups in total. The van der Waals surface area contributed by atoms with Crippen molar-refractivity contribution in [3.05, 3.63) is 75.5 Å². The van der Waals surface area contributed by atoms with Crippen molar-refractivity contribution in [2.45, 2.75) is 56.9 Å². The van der Waals surface area contributed by atoms with Gasteiger partial charge >= 0.3 is 0 Å². The lowest BCUT2D eigenvalue weighted by atomic mass is 10.1. The summed E-state index contributed by atoms with van der Waals surface area (Å²) in [5, 5.41) is 14.1. The molecule has 1 saturated heterocycles. The third-order valence-corrected chi connectivity index (χ3v) is 10.2. The minimum atomic E-state index is -0.463. The maximum absolute atomic E-state index is 13.8. The molecule has 2 aliphatic rings. The number of aromatic nitrogens is 3. The largest absolute Gasteiger partial charge is 0.492 e. The molecule has 230 valence electrons. The molecule has 3 aromatic heterocycles. The number of hydrogen-bond acceptors (Lipinski definition) is 7. The van der Waals surface area contributed by atoms with Crippen molar-refractivity contribution >= 4 is 72.6 Å². The summed E-state index contributed by atoms with van der Waals surface area (Å²) >= 11 is 11.7. The van der Waals surface area contributed by atoms with Gasteiger partial charge in [-0.05, 0) is 109 Å². The Balaban J connectivity index is 1.02. The van der Waals surface area contributed by atoms with Crippen LogP contribution in [0.1, 0.15) is 56.1 Å². The molecule has 2 fully saturated rings. The highest BCUT2D eigenvalue weighted by atomic mass is 79.9. The second kappa shape index (κ2) is 13.3. The second-order valence-corrected chi connectivity index (χ2v) is 13.9. The van der Waals surface area contributed by atoms with Gasteiger partial charge in [0.15, 0.2) is 5.82 Å². The highest BCUT2D eigenvalue weighted by Crippen LogP contribution is 2.46. The molecule has 11 heteroatoms. The maximum atomic E-state index is 13.8. The van der Waals surface area contributed by atoms with Crippen LogP contribution in [0.4, 0.5) is 15.9 Å². The quantitative estimate of drug-likeness (QED) is 0.130. The highest BCUT2D eigenvalue weighted by Gasteiger charge is 2.29. The third-order valence-electron chi connectivity index (χ3n) is 8.24. The Bertz CT molecular complexity index is 1790. The van der Waals surface area contributed by atoms with E-state index in [1.165, 1.54) is 38.4 Å². The normalized spacial score (nSPS) is 15.8. The topological polar surface area (TPSA) is 68.4 Å². The first-order valence-electron chi connectivity index (χ1n) is 15.2. The molecule has 0 bridgehead atoms. The fourth-order valence-electron chi connectivity index (χ4n) is 5.97. The first kappa shape index (κ1) is 29.9. The second-order valence-electron chi connectivity index (χ2n) is 11.6. The summed E-state index contributed by atoms with van der Waals surface area (Å²) in [4.78, 5) is 2.49. The minimum absolute atomic E-state index is 0.0510. The summed E-state index contributed by atoms with van der Waals surface area (Å²) in [5.74, 6) is 4.88. The Labute approximate surface area is 273 Å². The van der Waals surface area contributed by atoms with Gasteiger partial charge in [0.1, 0.15) is 23.1 Å². The zero-order valence-electron chi connectivity index (χ0n) is 24.3. The zero-order valence-corrected chi connectivity index (χ0v) is 27.5. The first-order valence-corrected chi connectivity index (χ1v) is 17.6. The molecule has 1 aliphatic heterocycles. The average molecular weight is 699 g/mol. The Hall–Kier alpha value is -2.79. The number of rotatable bonds is 12. The summed E-state index contributed by atoms with van der Waals surface area (Å²) in [6, 6.07) is 13.4. The highest BCUT2D eigenvalue weighted by molar-refractivity contribution is 9.10. The minimum Gasteiger partial charge on any atom is -0.492 e. The maximum Gasteiger partial charge on any atom is 0.163 e. The molecule has 2 aromatic carbocycles. The molecule has 0 atom stereocenters. The van der Waals surface area contributed by atoms with Crippen molar-refractivity contribution in [3.8, 4) is 5.75 Å². The number of nitrogens with zero attached hydrogens (tertiary/aromatic N) is 4. The van der Waals surface area contributed by atoms with E-state index in [0.29, 0.717) is 24.2 Å². The molecule has 7 rings (SSSR count). The van der Waals surface area contributed by atoms with Crippen LogP contribution in [0.5, 0.6) is 5.75 Å². The predicted molar refractivity (Wildman–Crippen MR) is 180 cm³/mol. The molecular formula is C33H34BrClFN5O2S. The van der Waals surface area contributed by atoms with Crippen LogP contribution in [0.3, 0.4) is 0 Å². The van der Waals surface area contributed by atoms with Gasteiger partial charge in [-0.1, -0.05) is 18.0 Å². The van der Waals surface area contributed by atoms with Crippen LogP contribution in [-0.4, -0.2) is 45.1 Å². The number of halogens is 3. The Morgan fingerprint density at radius 2 is 1.91 bits per heavy atom. The van der Waals surface area contributed by atoms with E-state index in [0.717, 1.165) is 80.9 Å². The third kappa shape index (κ3) is 6.59. The summed E-state index contributed by atoms with van der Waals surface area (Å²) in [7, 11) is 0. The van der Waals surface area contributed by atoms with Crippen molar-refractivity contribution < 1.29 is 13.5 Å². The Kier molecular flexibility index (Phi) is 9.03. The monoisotopic (exact) mass is 697 g/mol. The summed E-state index contributed by atoms with van der Waals surface area (Å²) < 4.78 is 29.4.